The number of carbonyl (C=O) groups excluding carboxylic acids is 3. The molecule has 5 N–H and O–H groups in total. The third-order valence-corrected chi connectivity index (χ3v) is 5.53. The molecule has 0 saturated carbocycles. The van der Waals surface area contributed by atoms with Crippen molar-refractivity contribution in [3.63, 3.8) is 0 Å². The predicted octanol–water partition coefficient (Wildman–Crippen LogP) is -0.465. The summed E-state index contributed by atoms with van der Waals surface area (Å²) in [5.74, 6) is -1.69. The summed E-state index contributed by atoms with van der Waals surface area (Å²) in [4.78, 5) is 44.1. The Bertz CT molecular complexity index is 1080. The number of ether oxygens (including phenoxy) is 1. The molecule has 1 aromatic heterocycles. The first kappa shape index (κ1) is 26.5. The molecular weight excluding hydrogens is 456 g/mol. The summed E-state index contributed by atoms with van der Waals surface area (Å²) in [6, 6.07) is 7.25. The van der Waals surface area contributed by atoms with Gasteiger partial charge in [-0.3, -0.25) is 19.4 Å². The Morgan fingerprint density at radius 1 is 1.11 bits per heavy atom. The highest BCUT2D eigenvalue weighted by Gasteiger charge is 2.48. The molecule has 190 valence electrons. The van der Waals surface area contributed by atoms with Crippen molar-refractivity contribution in [3.05, 3.63) is 42.1 Å². The molecule has 11 nitrogen and oxygen atoms in total. The number of benzene rings is 1. The number of aliphatic hydroxyl groups excluding tert-OH is 3. The number of para-hydroxylation sites is 1. The Morgan fingerprint density at radius 3 is 2.43 bits per heavy atom. The van der Waals surface area contributed by atoms with Crippen LogP contribution in [0.2, 0.25) is 0 Å². The van der Waals surface area contributed by atoms with Gasteiger partial charge in [-0.2, -0.15) is 0 Å². The van der Waals surface area contributed by atoms with E-state index in [-0.39, 0.29) is 5.56 Å². The lowest BCUT2D eigenvalue weighted by Crippen LogP contribution is -2.69. The van der Waals surface area contributed by atoms with E-state index in [9.17, 15) is 29.7 Å². The first-order chi connectivity index (χ1) is 16.4. The number of hydrogen-bond donors (Lipinski definition) is 5. The fourth-order valence-corrected chi connectivity index (χ4v) is 4.08. The smallest absolute Gasteiger partial charge is 0.258 e. The van der Waals surface area contributed by atoms with Crippen LogP contribution in [0.25, 0.3) is 10.9 Å². The maximum absolute atomic E-state index is 13.9. The van der Waals surface area contributed by atoms with E-state index in [1.54, 1.807) is 51.1 Å². The molecule has 1 fully saturated rings. The van der Waals surface area contributed by atoms with Gasteiger partial charge in [0.1, 0.15) is 30.9 Å². The highest BCUT2D eigenvalue weighted by molar-refractivity contribution is 6.06. The van der Waals surface area contributed by atoms with E-state index in [2.05, 4.69) is 15.6 Å². The molecule has 5 unspecified atom stereocenters. The molecule has 11 heteroatoms. The Morgan fingerprint density at radius 2 is 1.80 bits per heavy atom. The molecule has 0 spiro atoms. The highest BCUT2D eigenvalue weighted by Crippen LogP contribution is 2.27. The van der Waals surface area contributed by atoms with E-state index < -0.39 is 67.0 Å². The zero-order chi connectivity index (χ0) is 25.9. The second kappa shape index (κ2) is 10.6. The largest absolute Gasteiger partial charge is 0.394 e. The number of fused-ring (bicyclic) bond motifs is 1. The minimum absolute atomic E-state index is 0.179. The van der Waals surface area contributed by atoms with Gasteiger partial charge in [0.15, 0.2) is 6.23 Å². The van der Waals surface area contributed by atoms with Crippen molar-refractivity contribution >= 4 is 28.6 Å². The van der Waals surface area contributed by atoms with Crippen molar-refractivity contribution in [1.29, 1.82) is 0 Å². The first-order valence-corrected chi connectivity index (χ1v) is 11.3. The van der Waals surface area contributed by atoms with Gasteiger partial charge in [0, 0.05) is 24.0 Å². The van der Waals surface area contributed by atoms with E-state index in [1.165, 1.54) is 13.1 Å². The van der Waals surface area contributed by atoms with E-state index in [4.69, 9.17) is 4.74 Å². The molecule has 1 aromatic carbocycles. The Hall–Kier alpha value is -3.12. The number of rotatable bonds is 6. The Balaban J connectivity index is 2.09. The van der Waals surface area contributed by atoms with E-state index in [1.807, 2.05) is 0 Å². The standard InChI is InChI=1S/C24H32N4O7/c1-13(30)26-19-21(33)20(32)16(12-29)35-23(19)28(11-17(31)27-24(2,3)4)22(34)15-9-5-7-14-8-6-10-25-18(14)15/h5-10,16,19-21,23,29,32-33H,11-12H2,1-4H3,(H,26,30)(H,27,31). The maximum Gasteiger partial charge on any atom is 0.258 e. The van der Waals surface area contributed by atoms with Crippen LogP contribution in [0.4, 0.5) is 0 Å². The van der Waals surface area contributed by atoms with Crippen LogP contribution < -0.4 is 10.6 Å². The molecule has 3 amide bonds. The third-order valence-electron chi connectivity index (χ3n) is 5.53. The van der Waals surface area contributed by atoms with Gasteiger partial charge in [0.2, 0.25) is 11.8 Å². The summed E-state index contributed by atoms with van der Waals surface area (Å²) in [7, 11) is 0. The number of aliphatic hydroxyl groups is 3. The van der Waals surface area contributed by atoms with Crippen LogP contribution in [0.5, 0.6) is 0 Å². The summed E-state index contributed by atoms with van der Waals surface area (Å²) in [5.41, 5.74) is -0.0222. The minimum Gasteiger partial charge on any atom is -0.394 e. The van der Waals surface area contributed by atoms with Gasteiger partial charge in [-0.25, -0.2) is 0 Å². The molecule has 0 bridgehead atoms. The topological polar surface area (TPSA) is 161 Å². The molecule has 0 radical (unpaired) electrons. The number of nitrogens with one attached hydrogen (secondary N) is 2. The lowest BCUT2D eigenvalue weighted by atomic mass is 9.94. The lowest BCUT2D eigenvalue weighted by molar-refractivity contribution is -0.224. The van der Waals surface area contributed by atoms with Crippen molar-refractivity contribution in [3.8, 4) is 0 Å². The van der Waals surface area contributed by atoms with Crippen LogP contribution in [0, 0.1) is 0 Å². The van der Waals surface area contributed by atoms with Crippen molar-refractivity contribution < 1.29 is 34.4 Å². The van der Waals surface area contributed by atoms with Gasteiger partial charge in [0.25, 0.3) is 5.91 Å². The Labute approximate surface area is 203 Å². The van der Waals surface area contributed by atoms with E-state index in [0.717, 1.165) is 4.90 Å². The van der Waals surface area contributed by atoms with Gasteiger partial charge in [-0.1, -0.05) is 18.2 Å². The number of pyridine rings is 1. The molecule has 1 aliphatic heterocycles. The molecule has 1 saturated heterocycles. The van der Waals surface area contributed by atoms with Crippen molar-refractivity contribution in [2.45, 2.75) is 63.8 Å². The Kier molecular flexibility index (Phi) is 8.06. The zero-order valence-corrected chi connectivity index (χ0v) is 20.1. The molecule has 0 aliphatic carbocycles. The first-order valence-electron chi connectivity index (χ1n) is 11.3. The SMILES string of the molecule is CC(=O)NC1C(O)C(O)C(CO)OC1N(CC(=O)NC(C)(C)C)C(=O)c1cccc2cccnc12. The number of hydrogen-bond acceptors (Lipinski definition) is 8. The van der Waals surface area contributed by atoms with Crippen LogP contribution in [-0.4, -0.2) is 92.2 Å². The monoisotopic (exact) mass is 488 g/mol. The molecule has 2 aromatic rings. The van der Waals surface area contributed by atoms with Crippen LogP contribution in [0.1, 0.15) is 38.1 Å². The van der Waals surface area contributed by atoms with E-state index in [0.29, 0.717) is 10.9 Å². The van der Waals surface area contributed by atoms with Crippen LogP contribution in [-0.2, 0) is 14.3 Å². The summed E-state index contributed by atoms with van der Waals surface area (Å²) in [5, 5.41) is 36.8. The normalized spacial score (nSPS) is 24.6. The van der Waals surface area contributed by atoms with Crippen molar-refractivity contribution in [2.75, 3.05) is 13.2 Å². The highest BCUT2D eigenvalue weighted by atomic mass is 16.5. The van der Waals surface area contributed by atoms with Gasteiger partial charge in [-0.15, -0.1) is 0 Å². The second-order valence-corrected chi connectivity index (χ2v) is 9.57. The molecule has 5 atom stereocenters. The van der Waals surface area contributed by atoms with Crippen molar-refractivity contribution in [2.24, 2.45) is 0 Å². The minimum atomic E-state index is -1.58. The van der Waals surface area contributed by atoms with E-state index >= 15 is 0 Å². The fourth-order valence-electron chi connectivity index (χ4n) is 4.08. The summed E-state index contributed by atoms with van der Waals surface area (Å²) in [6.07, 6.45) is -4.22. The maximum atomic E-state index is 13.9. The molecule has 2 heterocycles. The predicted molar refractivity (Wildman–Crippen MR) is 126 cm³/mol. The fraction of sp³-hybridized carbons (Fsp3) is 0.500. The quantitative estimate of drug-likeness (QED) is 0.365. The average molecular weight is 489 g/mol. The van der Waals surface area contributed by atoms with Crippen LogP contribution >= 0.6 is 0 Å². The number of aromatic nitrogens is 1. The number of carbonyl (C=O) groups is 3. The second-order valence-electron chi connectivity index (χ2n) is 9.57. The molecular formula is C24H32N4O7. The van der Waals surface area contributed by atoms with Crippen LogP contribution in [0.15, 0.2) is 36.5 Å². The molecule has 1 aliphatic rings. The average Bonchev–Trinajstić information content (AvgIpc) is 2.79. The van der Waals surface area contributed by atoms with Crippen molar-refractivity contribution in [1.82, 2.24) is 20.5 Å². The van der Waals surface area contributed by atoms with Gasteiger partial charge in [0.05, 0.1) is 17.7 Å². The summed E-state index contributed by atoms with van der Waals surface area (Å²) >= 11 is 0. The van der Waals surface area contributed by atoms with Gasteiger partial charge < -0.3 is 35.6 Å². The molecule has 3 rings (SSSR count). The third kappa shape index (κ3) is 6.12. The van der Waals surface area contributed by atoms with Crippen LogP contribution in [0.3, 0.4) is 0 Å². The number of amides is 3. The lowest BCUT2D eigenvalue weighted by Gasteiger charge is -2.46. The summed E-state index contributed by atoms with van der Waals surface area (Å²) < 4.78 is 5.81. The summed E-state index contributed by atoms with van der Waals surface area (Å²) in [6.45, 7) is 5.41. The zero-order valence-electron chi connectivity index (χ0n) is 20.1. The number of nitrogens with zero attached hydrogens (tertiary/aromatic N) is 2. The van der Waals surface area contributed by atoms with Gasteiger partial charge >= 0.3 is 0 Å². The molecule has 35 heavy (non-hydrogen) atoms. The van der Waals surface area contributed by atoms with Gasteiger partial charge in [-0.05, 0) is 32.9 Å².